The molecule has 0 aliphatic heterocycles. The fourth-order valence-corrected chi connectivity index (χ4v) is 2.57. The molecular formula is C13H20ClN3. The SMILES string of the molecule is Cc1nccc(NCC2(N)CCCCC2)c1Cl. The Kier molecular flexibility index (Phi) is 3.89. The Balaban J connectivity index is 1.99. The molecule has 1 fully saturated rings. The van der Waals surface area contributed by atoms with Gasteiger partial charge in [0.2, 0.25) is 0 Å². The molecule has 1 heterocycles. The molecule has 1 aliphatic carbocycles. The van der Waals surface area contributed by atoms with Crippen LogP contribution in [0.15, 0.2) is 12.3 Å². The Bertz CT molecular complexity index is 386. The van der Waals surface area contributed by atoms with Crippen LogP contribution in [0.1, 0.15) is 37.8 Å². The molecule has 0 atom stereocenters. The number of halogens is 1. The molecule has 94 valence electrons. The van der Waals surface area contributed by atoms with E-state index in [1.807, 2.05) is 13.0 Å². The van der Waals surface area contributed by atoms with Crippen molar-refractivity contribution in [3.8, 4) is 0 Å². The lowest BCUT2D eigenvalue weighted by atomic mass is 9.82. The molecule has 3 N–H and O–H groups in total. The molecule has 0 unspecified atom stereocenters. The van der Waals surface area contributed by atoms with Gasteiger partial charge in [-0.05, 0) is 25.8 Å². The third-order valence-electron chi connectivity index (χ3n) is 3.54. The third-order valence-corrected chi connectivity index (χ3v) is 4.02. The Hall–Kier alpha value is -0.800. The average molecular weight is 254 g/mol. The van der Waals surface area contributed by atoms with E-state index in [9.17, 15) is 0 Å². The van der Waals surface area contributed by atoms with Crippen LogP contribution < -0.4 is 11.1 Å². The molecule has 4 heteroatoms. The summed E-state index contributed by atoms with van der Waals surface area (Å²) in [5.74, 6) is 0. The van der Waals surface area contributed by atoms with Gasteiger partial charge in [0.1, 0.15) is 0 Å². The lowest BCUT2D eigenvalue weighted by molar-refractivity contribution is 0.311. The fourth-order valence-electron chi connectivity index (χ4n) is 2.39. The van der Waals surface area contributed by atoms with E-state index in [0.29, 0.717) is 5.02 Å². The van der Waals surface area contributed by atoms with Gasteiger partial charge in [-0.2, -0.15) is 0 Å². The number of nitrogens with two attached hydrogens (primary N) is 1. The van der Waals surface area contributed by atoms with Gasteiger partial charge in [0.05, 0.1) is 16.4 Å². The average Bonchev–Trinajstić information content (AvgIpc) is 2.32. The highest BCUT2D eigenvalue weighted by Crippen LogP contribution is 2.28. The van der Waals surface area contributed by atoms with Crippen molar-refractivity contribution >= 4 is 17.3 Å². The van der Waals surface area contributed by atoms with Crippen molar-refractivity contribution < 1.29 is 0 Å². The predicted molar refractivity (Wildman–Crippen MR) is 72.5 cm³/mol. The van der Waals surface area contributed by atoms with E-state index in [-0.39, 0.29) is 5.54 Å². The summed E-state index contributed by atoms with van der Waals surface area (Å²) in [7, 11) is 0. The first-order valence-electron chi connectivity index (χ1n) is 6.25. The zero-order valence-corrected chi connectivity index (χ0v) is 11.1. The molecule has 1 aliphatic rings. The minimum Gasteiger partial charge on any atom is -0.382 e. The van der Waals surface area contributed by atoms with E-state index in [4.69, 9.17) is 17.3 Å². The van der Waals surface area contributed by atoms with Gasteiger partial charge in [-0.25, -0.2) is 0 Å². The molecule has 17 heavy (non-hydrogen) atoms. The van der Waals surface area contributed by atoms with Gasteiger partial charge in [-0.3, -0.25) is 4.98 Å². The Morgan fingerprint density at radius 1 is 1.41 bits per heavy atom. The quantitative estimate of drug-likeness (QED) is 0.870. The molecular weight excluding hydrogens is 234 g/mol. The van der Waals surface area contributed by atoms with Crippen LogP contribution in [0.25, 0.3) is 0 Å². The van der Waals surface area contributed by atoms with Crippen molar-refractivity contribution in [2.75, 3.05) is 11.9 Å². The standard InChI is InChI=1S/C13H20ClN3/c1-10-12(14)11(5-8-16-10)17-9-13(15)6-3-2-4-7-13/h5,8H,2-4,6-7,9,15H2,1H3,(H,16,17). The summed E-state index contributed by atoms with van der Waals surface area (Å²) < 4.78 is 0. The predicted octanol–water partition coefficient (Wildman–Crippen LogP) is 3.12. The molecule has 0 radical (unpaired) electrons. The number of aromatic nitrogens is 1. The molecule has 1 aromatic heterocycles. The molecule has 0 aromatic carbocycles. The van der Waals surface area contributed by atoms with E-state index in [2.05, 4.69) is 10.3 Å². The lowest BCUT2D eigenvalue weighted by Crippen LogP contribution is -2.47. The maximum absolute atomic E-state index is 6.37. The van der Waals surface area contributed by atoms with Gasteiger partial charge in [0, 0.05) is 18.3 Å². The highest BCUT2D eigenvalue weighted by Gasteiger charge is 2.27. The van der Waals surface area contributed by atoms with E-state index >= 15 is 0 Å². The molecule has 0 amide bonds. The second-order valence-electron chi connectivity index (χ2n) is 5.03. The van der Waals surface area contributed by atoms with Crippen LogP contribution in [0, 0.1) is 6.92 Å². The summed E-state index contributed by atoms with van der Waals surface area (Å²) >= 11 is 6.19. The normalized spacial score (nSPS) is 19.0. The number of anilines is 1. The number of aryl methyl sites for hydroxylation is 1. The number of hydrogen-bond acceptors (Lipinski definition) is 3. The first-order valence-corrected chi connectivity index (χ1v) is 6.62. The molecule has 3 nitrogen and oxygen atoms in total. The largest absolute Gasteiger partial charge is 0.382 e. The Morgan fingerprint density at radius 3 is 2.82 bits per heavy atom. The van der Waals surface area contributed by atoms with Crippen molar-refractivity contribution in [2.24, 2.45) is 5.73 Å². The summed E-state index contributed by atoms with van der Waals surface area (Å²) in [5.41, 5.74) is 8.10. The number of nitrogens with zero attached hydrogens (tertiary/aromatic N) is 1. The van der Waals surface area contributed by atoms with Gasteiger partial charge in [-0.1, -0.05) is 30.9 Å². The van der Waals surface area contributed by atoms with Crippen LogP contribution in [0.2, 0.25) is 5.02 Å². The van der Waals surface area contributed by atoms with Crippen LogP contribution >= 0.6 is 11.6 Å². The summed E-state index contributed by atoms with van der Waals surface area (Å²) in [5, 5.41) is 4.07. The topological polar surface area (TPSA) is 50.9 Å². The van der Waals surface area contributed by atoms with Crippen LogP contribution in [-0.4, -0.2) is 17.1 Å². The molecule has 2 rings (SSSR count). The van der Waals surface area contributed by atoms with Crippen LogP contribution in [0.5, 0.6) is 0 Å². The van der Waals surface area contributed by atoms with Crippen molar-refractivity contribution in [1.82, 2.24) is 4.98 Å². The van der Waals surface area contributed by atoms with Gasteiger partial charge >= 0.3 is 0 Å². The minimum absolute atomic E-state index is 0.0707. The zero-order chi connectivity index (χ0) is 12.3. The summed E-state index contributed by atoms with van der Waals surface area (Å²) in [6.07, 6.45) is 7.76. The van der Waals surface area contributed by atoms with E-state index in [0.717, 1.165) is 30.8 Å². The smallest absolute Gasteiger partial charge is 0.0849 e. The summed E-state index contributed by atoms with van der Waals surface area (Å²) in [6, 6.07) is 1.90. The number of hydrogen-bond donors (Lipinski definition) is 2. The fraction of sp³-hybridized carbons (Fsp3) is 0.615. The number of rotatable bonds is 3. The van der Waals surface area contributed by atoms with E-state index in [1.165, 1.54) is 19.3 Å². The van der Waals surface area contributed by atoms with Crippen molar-refractivity contribution in [3.63, 3.8) is 0 Å². The van der Waals surface area contributed by atoms with Crippen molar-refractivity contribution in [2.45, 2.75) is 44.6 Å². The molecule has 0 saturated heterocycles. The van der Waals surface area contributed by atoms with E-state index in [1.54, 1.807) is 6.20 Å². The highest BCUT2D eigenvalue weighted by atomic mass is 35.5. The molecule has 1 aromatic rings. The van der Waals surface area contributed by atoms with Gasteiger partial charge in [0.25, 0.3) is 0 Å². The van der Waals surface area contributed by atoms with Crippen LogP contribution in [0.3, 0.4) is 0 Å². The second kappa shape index (κ2) is 5.23. The monoisotopic (exact) mass is 253 g/mol. The second-order valence-corrected chi connectivity index (χ2v) is 5.41. The van der Waals surface area contributed by atoms with Crippen LogP contribution in [0.4, 0.5) is 5.69 Å². The first-order chi connectivity index (χ1) is 8.11. The molecule has 0 spiro atoms. The first kappa shape index (κ1) is 12.7. The minimum atomic E-state index is -0.0707. The molecule has 0 bridgehead atoms. The zero-order valence-electron chi connectivity index (χ0n) is 10.3. The number of pyridine rings is 1. The van der Waals surface area contributed by atoms with Gasteiger partial charge in [0.15, 0.2) is 0 Å². The Morgan fingerprint density at radius 2 is 2.12 bits per heavy atom. The lowest BCUT2D eigenvalue weighted by Gasteiger charge is -2.34. The third kappa shape index (κ3) is 3.11. The highest BCUT2D eigenvalue weighted by molar-refractivity contribution is 6.33. The van der Waals surface area contributed by atoms with Gasteiger partial charge in [-0.15, -0.1) is 0 Å². The Labute approximate surface area is 108 Å². The summed E-state index contributed by atoms with van der Waals surface area (Å²) in [4.78, 5) is 4.15. The number of nitrogens with one attached hydrogen (secondary N) is 1. The molecule has 1 saturated carbocycles. The van der Waals surface area contributed by atoms with E-state index < -0.39 is 0 Å². The summed E-state index contributed by atoms with van der Waals surface area (Å²) in [6.45, 7) is 2.70. The maximum atomic E-state index is 6.37. The maximum Gasteiger partial charge on any atom is 0.0849 e. The van der Waals surface area contributed by atoms with Gasteiger partial charge < -0.3 is 11.1 Å². The van der Waals surface area contributed by atoms with Crippen molar-refractivity contribution in [3.05, 3.63) is 23.0 Å². The van der Waals surface area contributed by atoms with Crippen LogP contribution in [-0.2, 0) is 0 Å². The van der Waals surface area contributed by atoms with Crippen molar-refractivity contribution in [1.29, 1.82) is 0 Å².